The number of hydrogen-bond donors (Lipinski definition) is 2. The predicted octanol–water partition coefficient (Wildman–Crippen LogP) is 3.44. The number of pyridine rings is 2. The second-order valence-corrected chi connectivity index (χ2v) is 7.86. The number of hydrogen-bond acceptors (Lipinski definition) is 7. The SMILES string of the molecule is Cn1cc(-c2cnc3c(c2)NCC(CNCCc2ccc(C#N)cn2)O3)cn1.c1ccccc1. The normalized spacial score (nSPS) is 13.9. The van der Waals surface area contributed by atoms with Crippen LogP contribution in [0.25, 0.3) is 11.1 Å². The Morgan fingerprint density at radius 3 is 2.53 bits per heavy atom. The fourth-order valence-electron chi connectivity index (χ4n) is 3.44. The van der Waals surface area contributed by atoms with E-state index in [4.69, 9.17) is 10.00 Å². The molecule has 4 aromatic rings. The van der Waals surface area contributed by atoms with Gasteiger partial charge in [-0.05, 0) is 18.2 Å². The fourth-order valence-corrected chi connectivity index (χ4v) is 3.44. The van der Waals surface area contributed by atoms with Gasteiger partial charge < -0.3 is 15.4 Å². The Morgan fingerprint density at radius 2 is 1.88 bits per heavy atom. The van der Waals surface area contributed by atoms with E-state index < -0.39 is 0 Å². The van der Waals surface area contributed by atoms with E-state index in [0.29, 0.717) is 18.0 Å². The van der Waals surface area contributed by atoms with E-state index in [9.17, 15) is 0 Å². The third-order valence-electron chi connectivity index (χ3n) is 5.24. The van der Waals surface area contributed by atoms with Crippen LogP contribution in [0.3, 0.4) is 0 Å². The molecule has 4 heterocycles. The number of nitrogens with zero attached hydrogens (tertiary/aromatic N) is 5. The Kier molecular flexibility index (Phi) is 7.82. The van der Waals surface area contributed by atoms with Crippen molar-refractivity contribution >= 4 is 5.69 Å². The second-order valence-electron chi connectivity index (χ2n) is 7.86. The summed E-state index contributed by atoms with van der Waals surface area (Å²) in [6.45, 7) is 2.22. The molecular formula is C26H27N7O. The van der Waals surface area contributed by atoms with Gasteiger partial charge in [-0.15, -0.1) is 0 Å². The zero-order valence-electron chi connectivity index (χ0n) is 19.1. The van der Waals surface area contributed by atoms with Crippen molar-refractivity contribution in [3.63, 3.8) is 0 Å². The maximum Gasteiger partial charge on any atom is 0.237 e. The lowest BCUT2D eigenvalue weighted by atomic mass is 10.1. The quantitative estimate of drug-likeness (QED) is 0.431. The number of nitrogens with one attached hydrogen (secondary N) is 2. The third-order valence-corrected chi connectivity index (χ3v) is 5.24. The Morgan fingerprint density at radius 1 is 1.09 bits per heavy atom. The van der Waals surface area contributed by atoms with Crippen LogP contribution in [0, 0.1) is 11.3 Å². The van der Waals surface area contributed by atoms with Crippen molar-refractivity contribution in [2.75, 3.05) is 25.0 Å². The van der Waals surface area contributed by atoms with Gasteiger partial charge in [-0.1, -0.05) is 36.4 Å². The van der Waals surface area contributed by atoms with Gasteiger partial charge in [0.1, 0.15) is 12.2 Å². The molecule has 172 valence electrons. The summed E-state index contributed by atoms with van der Waals surface area (Å²) >= 11 is 0. The molecule has 3 aromatic heterocycles. The maximum absolute atomic E-state index is 8.80. The number of rotatable bonds is 6. The average Bonchev–Trinajstić information content (AvgIpc) is 3.34. The Hall–Kier alpha value is -4.22. The maximum atomic E-state index is 8.80. The van der Waals surface area contributed by atoms with Crippen LogP contribution < -0.4 is 15.4 Å². The molecule has 5 rings (SSSR count). The molecule has 0 aliphatic carbocycles. The second kappa shape index (κ2) is 11.6. The van der Waals surface area contributed by atoms with Gasteiger partial charge in [-0.2, -0.15) is 10.4 Å². The monoisotopic (exact) mass is 453 g/mol. The van der Waals surface area contributed by atoms with Crippen molar-refractivity contribution in [1.29, 1.82) is 5.26 Å². The molecule has 1 atom stereocenters. The van der Waals surface area contributed by atoms with Crippen LogP contribution in [0.2, 0.25) is 0 Å². The first kappa shape index (κ1) is 23.0. The molecule has 8 nitrogen and oxygen atoms in total. The molecule has 2 N–H and O–H groups in total. The molecule has 1 aromatic carbocycles. The molecule has 0 amide bonds. The Labute approximate surface area is 199 Å². The standard InChI is InChI=1S/C20H21N7O.C6H6/c1-27-13-16(10-26-27)15-6-19-20(25-9-15)28-18(12-24-19)11-22-5-4-17-3-2-14(7-21)8-23-17;1-2-4-6-5-3-1/h2-3,6,8-10,13,18,22,24H,4-5,11-12H2,1H3;1-6H. The number of aryl methyl sites for hydroxylation is 1. The average molecular weight is 454 g/mol. The highest BCUT2D eigenvalue weighted by molar-refractivity contribution is 5.69. The van der Waals surface area contributed by atoms with Crippen LogP contribution >= 0.6 is 0 Å². The van der Waals surface area contributed by atoms with Crippen LogP contribution in [0.1, 0.15) is 11.3 Å². The van der Waals surface area contributed by atoms with Crippen molar-refractivity contribution in [2.24, 2.45) is 7.05 Å². The van der Waals surface area contributed by atoms with E-state index in [2.05, 4.69) is 31.8 Å². The van der Waals surface area contributed by atoms with Crippen LogP contribution in [-0.4, -0.2) is 45.5 Å². The summed E-state index contributed by atoms with van der Waals surface area (Å²) in [5.41, 5.74) is 4.48. The number of aromatic nitrogens is 4. The molecule has 1 aliphatic rings. The molecule has 0 bridgehead atoms. The predicted molar refractivity (Wildman–Crippen MR) is 131 cm³/mol. The van der Waals surface area contributed by atoms with Crippen molar-refractivity contribution < 1.29 is 4.74 Å². The first-order chi connectivity index (χ1) is 16.7. The first-order valence-electron chi connectivity index (χ1n) is 11.2. The summed E-state index contributed by atoms with van der Waals surface area (Å²) in [5.74, 6) is 0.624. The number of fused-ring (bicyclic) bond motifs is 1. The van der Waals surface area contributed by atoms with Crippen molar-refractivity contribution in [2.45, 2.75) is 12.5 Å². The topological polar surface area (TPSA) is 101 Å². The van der Waals surface area contributed by atoms with Gasteiger partial charge in [0, 0.05) is 62.0 Å². The Balaban J connectivity index is 0.000000398. The van der Waals surface area contributed by atoms with Crippen molar-refractivity contribution in [3.8, 4) is 23.1 Å². The number of nitriles is 1. The van der Waals surface area contributed by atoms with Crippen LogP contribution in [0.5, 0.6) is 5.88 Å². The summed E-state index contributed by atoms with van der Waals surface area (Å²) < 4.78 is 7.77. The minimum atomic E-state index is 0.0122. The summed E-state index contributed by atoms with van der Waals surface area (Å²) in [4.78, 5) is 8.74. The molecule has 1 aliphatic heterocycles. The van der Waals surface area contributed by atoms with E-state index in [0.717, 1.165) is 42.0 Å². The highest BCUT2D eigenvalue weighted by Gasteiger charge is 2.20. The highest BCUT2D eigenvalue weighted by Crippen LogP contribution is 2.30. The van der Waals surface area contributed by atoms with Crippen molar-refractivity contribution in [3.05, 3.63) is 90.6 Å². The van der Waals surface area contributed by atoms with E-state index in [1.165, 1.54) is 0 Å². The molecule has 0 radical (unpaired) electrons. The van der Waals surface area contributed by atoms with Gasteiger partial charge in [0.05, 0.1) is 24.0 Å². The van der Waals surface area contributed by atoms with E-state index in [-0.39, 0.29) is 6.10 Å². The van der Waals surface area contributed by atoms with Crippen LogP contribution in [0.4, 0.5) is 5.69 Å². The Bertz CT molecular complexity index is 1190. The fraction of sp³-hybridized carbons (Fsp3) is 0.231. The molecule has 1 unspecified atom stereocenters. The number of benzene rings is 1. The summed E-state index contributed by atoms with van der Waals surface area (Å²) in [5, 5.41) is 19.8. The van der Waals surface area contributed by atoms with Gasteiger partial charge in [-0.25, -0.2) is 4.98 Å². The lowest BCUT2D eigenvalue weighted by molar-refractivity contribution is 0.194. The van der Waals surface area contributed by atoms with Gasteiger partial charge in [0.25, 0.3) is 0 Å². The summed E-state index contributed by atoms with van der Waals surface area (Å²) in [6.07, 6.45) is 8.01. The van der Waals surface area contributed by atoms with Crippen LogP contribution in [-0.2, 0) is 13.5 Å². The zero-order valence-corrected chi connectivity index (χ0v) is 19.1. The van der Waals surface area contributed by atoms with E-state index in [1.807, 2.05) is 74.2 Å². The lowest BCUT2D eigenvalue weighted by Crippen LogP contribution is -2.40. The van der Waals surface area contributed by atoms with Gasteiger partial charge >= 0.3 is 0 Å². The number of anilines is 1. The lowest BCUT2D eigenvalue weighted by Gasteiger charge is -2.27. The minimum Gasteiger partial charge on any atom is -0.470 e. The van der Waals surface area contributed by atoms with E-state index >= 15 is 0 Å². The van der Waals surface area contributed by atoms with Gasteiger partial charge in [0.15, 0.2) is 0 Å². The van der Waals surface area contributed by atoms with Crippen molar-refractivity contribution in [1.82, 2.24) is 25.1 Å². The summed E-state index contributed by atoms with van der Waals surface area (Å²) in [6, 6.07) is 19.8. The third kappa shape index (κ3) is 6.40. The number of ether oxygens (including phenoxy) is 1. The van der Waals surface area contributed by atoms with E-state index in [1.54, 1.807) is 16.9 Å². The summed E-state index contributed by atoms with van der Waals surface area (Å²) in [7, 11) is 1.89. The van der Waals surface area contributed by atoms with Gasteiger partial charge in [-0.3, -0.25) is 9.67 Å². The molecule has 0 fully saturated rings. The molecule has 34 heavy (non-hydrogen) atoms. The highest BCUT2D eigenvalue weighted by atomic mass is 16.5. The smallest absolute Gasteiger partial charge is 0.237 e. The molecular weight excluding hydrogens is 426 g/mol. The molecule has 8 heteroatoms. The largest absolute Gasteiger partial charge is 0.470 e. The molecule has 0 saturated heterocycles. The molecule has 0 spiro atoms. The van der Waals surface area contributed by atoms with Crippen LogP contribution in [0.15, 0.2) is 79.4 Å². The first-order valence-corrected chi connectivity index (χ1v) is 11.2. The zero-order chi connectivity index (χ0) is 23.6. The molecule has 0 saturated carbocycles. The minimum absolute atomic E-state index is 0.0122. The van der Waals surface area contributed by atoms with Gasteiger partial charge in [0.2, 0.25) is 5.88 Å².